The molecule has 7 nitrogen and oxygen atoms in total. The van der Waals surface area contributed by atoms with E-state index in [4.69, 9.17) is 15.2 Å². The van der Waals surface area contributed by atoms with Gasteiger partial charge in [-0.15, -0.1) is 0 Å². The Balaban J connectivity index is 1.75. The maximum Gasteiger partial charge on any atom is 0.257 e. The minimum Gasteiger partial charge on any atom is -0.483 e. The number of likely N-dealkylation sites (tertiary alicyclic amines) is 1. The number of hydrogen-bond acceptors (Lipinski definition) is 5. The fourth-order valence-corrected chi connectivity index (χ4v) is 3.11. The number of carbonyl (C=O) groups is 2. The van der Waals surface area contributed by atoms with Crippen LogP contribution in [0.4, 0.5) is 0 Å². The van der Waals surface area contributed by atoms with E-state index >= 15 is 0 Å². The van der Waals surface area contributed by atoms with E-state index in [1.807, 2.05) is 0 Å². The van der Waals surface area contributed by atoms with E-state index < -0.39 is 5.91 Å². The zero-order chi connectivity index (χ0) is 16.4. The first-order chi connectivity index (χ1) is 11.1. The second-order valence-corrected chi connectivity index (χ2v) is 5.92. The molecule has 1 aromatic rings. The molecule has 2 fully saturated rings. The predicted octanol–water partition coefficient (Wildman–Crippen LogP) is -0.294. The SMILES string of the molecule is CN1CCO[C@@H]2CN(C(=O)c3ccccc3OCC(N)=O)C[C@@H]21. The van der Waals surface area contributed by atoms with Crippen LogP contribution in [-0.4, -0.2) is 73.7 Å². The Kier molecular flexibility index (Phi) is 4.49. The Morgan fingerprint density at radius 3 is 2.87 bits per heavy atom. The first-order valence-electron chi connectivity index (χ1n) is 7.67. The Morgan fingerprint density at radius 1 is 1.35 bits per heavy atom. The summed E-state index contributed by atoms with van der Waals surface area (Å²) in [6.07, 6.45) is 0.0522. The number of benzene rings is 1. The lowest BCUT2D eigenvalue weighted by Crippen LogP contribution is -2.48. The van der Waals surface area contributed by atoms with Crippen molar-refractivity contribution >= 4 is 11.8 Å². The molecule has 2 atom stereocenters. The molecule has 0 radical (unpaired) electrons. The molecule has 2 aliphatic rings. The molecule has 2 amide bonds. The third-order valence-corrected chi connectivity index (χ3v) is 4.35. The number of rotatable bonds is 4. The largest absolute Gasteiger partial charge is 0.483 e. The third-order valence-electron chi connectivity index (χ3n) is 4.35. The molecule has 0 bridgehead atoms. The molecule has 23 heavy (non-hydrogen) atoms. The molecule has 0 spiro atoms. The van der Waals surface area contributed by atoms with E-state index in [0.717, 1.165) is 6.54 Å². The Bertz CT molecular complexity index is 607. The Hall–Kier alpha value is -2.12. The van der Waals surface area contributed by atoms with E-state index in [1.54, 1.807) is 29.2 Å². The maximum absolute atomic E-state index is 12.8. The average molecular weight is 319 g/mol. The molecule has 0 unspecified atom stereocenters. The van der Waals surface area contributed by atoms with Crippen LogP contribution in [0.2, 0.25) is 0 Å². The second-order valence-electron chi connectivity index (χ2n) is 5.92. The van der Waals surface area contributed by atoms with Gasteiger partial charge in [0.25, 0.3) is 11.8 Å². The lowest BCUT2D eigenvalue weighted by atomic mass is 10.1. The second kappa shape index (κ2) is 6.55. The summed E-state index contributed by atoms with van der Waals surface area (Å²) in [5.41, 5.74) is 5.54. The van der Waals surface area contributed by atoms with Gasteiger partial charge in [-0.3, -0.25) is 14.5 Å². The summed E-state index contributed by atoms with van der Waals surface area (Å²) in [6.45, 7) is 2.52. The van der Waals surface area contributed by atoms with E-state index in [0.29, 0.717) is 31.0 Å². The number of hydrogen-bond donors (Lipinski definition) is 1. The van der Waals surface area contributed by atoms with Crippen molar-refractivity contribution < 1.29 is 19.1 Å². The lowest BCUT2D eigenvalue weighted by molar-refractivity contribution is -0.119. The highest BCUT2D eigenvalue weighted by Gasteiger charge is 2.40. The highest BCUT2D eigenvalue weighted by atomic mass is 16.5. The molecule has 2 aliphatic heterocycles. The fraction of sp³-hybridized carbons (Fsp3) is 0.500. The van der Waals surface area contributed by atoms with Crippen molar-refractivity contribution in [2.45, 2.75) is 12.1 Å². The van der Waals surface area contributed by atoms with Gasteiger partial charge < -0.3 is 20.1 Å². The summed E-state index contributed by atoms with van der Waals surface area (Å²) in [4.78, 5) is 27.7. The Labute approximate surface area is 134 Å². The predicted molar refractivity (Wildman–Crippen MR) is 83.2 cm³/mol. The summed E-state index contributed by atoms with van der Waals surface area (Å²) in [5, 5.41) is 0. The third kappa shape index (κ3) is 3.30. The van der Waals surface area contributed by atoms with Crippen molar-refractivity contribution in [3.63, 3.8) is 0 Å². The van der Waals surface area contributed by atoms with Crippen molar-refractivity contribution in [3.8, 4) is 5.75 Å². The van der Waals surface area contributed by atoms with Crippen LogP contribution in [0, 0.1) is 0 Å². The van der Waals surface area contributed by atoms with Crippen molar-refractivity contribution in [3.05, 3.63) is 29.8 Å². The zero-order valence-electron chi connectivity index (χ0n) is 13.1. The van der Waals surface area contributed by atoms with Gasteiger partial charge in [0.05, 0.1) is 24.3 Å². The van der Waals surface area contributed by atoms with E-state index in [-0.39, 0.29) is 24.7 Å². The van der Waals surface area contributed by atoms with Crippen LogP contribution >= 0.6 is 0 Å². The summed E-state index contributed by atoms with van der Waals surface area (Å²) in [7, 11) is 2.05. The number of para-hydroxylation sites is 1. The van der Waals surface area contributed by atoms with E-state index in [9.17, 15) is 9.59 Å². The van der Waals surface area contributed by atoms with Crippen LogP contribution < -0.4 is 10.5 Å². The molecule has 1 aromatic carbocycles. The van der Waals surface area contributed by atoms with Crippen LogP contribution in [0.3, 0.4) is 0 Å². The number of likely N-dealkylation sites (N-methyl/N-ethyl adjacent to an activating group) is 1. The van der Waals surface area contributed by atoms with E-state index in [2.05, 4.69) is 11.9 Å². The van der Waals surface area contributed by atoms with Crippen LogP contribution in [0.5, 0.6) is 5.75 Å². The van der Waals surface area contributed by atoms with Crippen LogP contribution in [-0.2, 0) is 9.53 Å². The average Bonchev–Trinajstić information content (AvgIpc) is 2.98. The molecular formula is C16H21N3O4. The number of ether oxygens (including phenoxy) is 2. The van der Waals surface area contributed by atoms with Crippen LogP contribution in [0.1, 0.15) is 10.4 Å². The monoisotopic (exact) mass is 319 g/mol. The molecule has 2 saturated heterocycles. The first-order valence-corrected chi connectivity index (χ1v) is 7.67. The Morgan fingerprint density at radius 2 is 2.13 bits per heavy atom. The smallest absolute Gasteiger partial charge is 0.257 e. The number of carbonyl (C=O) groups excluding carboxylic acids is 2. The normalized spacial score (nSPS) is 24.3. The minimum absolute atomic E-state index is 0.0522. The van der Waals surface area contributed by atoms with Crippen LogP contribution in [0.25, 0.3) is 0 Å². The van der Waals surface area contributed by atoms with Gasteiger partial charge in [-0.05, 0) is 19.2 Å². The summed E-state index contributed by atoms with van der Waals surface area (Å²) in [5.74, 6) is -0.314. The number of nitrogens with two attached hydrogens (primary N) is 1. The van der Waals surface area contributed by atoms with Gasteiger partial charge in [0, 0.05) is 19.6 Å². The molecule has 2 N–H and O–H groups in total. The van der Waals surface area contributed by atoms with Crippen molar-refractivity contribution in [1.82, 2.24) is 9.80 Å². The summed E-state index contributed by atoms with van der Waals surface area (Å²) >= 11 is 0. The number of fused-ring (bicyclic) bond motifs is 1. The molecule has 0 saturated carbocycles. The topological polar surface area (TPSA) is 85.1 Å². The van der Waals surface area contributed by atoms with Gasteiger partial charge in [-0.25, -0.2) is 0 Å². The molecular weight excluding hydrogens is 298 g/mol. The quantitative estimate of drug-likeness (QED) is 0.824. The van der Waals surface area contributed by atoms with Crippen molar-refractivity contribution in [1.29, 1.82) is 0 Å². The lowest BCUT2D eigenvalue weighted by Gasteiger charge is -2.33. The maximum atomic E-state index is 12.8. The van der Waals surface area contributed by atoms with Gasteiger partial charge in [0.2, 0.25) is 0 Å². The van der Waals surface area contributed by atoms with E-state index in [1.165, 1.54) is 0 Å². The van der Waals surface area contributed by atoms with Gasteiger partial charge in [0.1, 0.15) is 5.75 Å². The molecule has 0 aromatic heterocycles. The fourth-order valence-electron chi connectivity index (χ4n) is 3.11. The molecule has 2 heterocycles. The van der Waals surface area contributed by atoms with Gasteiger partial charge in [-0.1, -0.05) is 12.1 Å². The summed E-state index contributed by atoms with van der Waals surface area (Å²) in [6, 6.07) is 7.13. The molecule has 3 rings (SSSR count). The number of amides is 2. The van der Waals surface area contributed by atoms with Crippen molar-refractivity contribution in [2.24, 2.45) is 5.73 Å². The van der Waals surface area contributed by atoms with Crippen molar-refractivity contribution in [2.75, 3.05) is 39.9 Å². The van der Waals surface area contributed by atoms with Crippen LogP contribution in [0.15, 0.2) is 24.3 Å². The summed E-state index contributed by atoms with van der Waals surface area (Å²) < 4.78 is 11.1. The zero-order valence-corrected chi connectivity index (χ0v) is 13.1. The number of morpholine rings is 1. The highest BCUT2D eigenvalue weighted by molar-refractivity contribution is 5.97. The molecule has 7 heteroatoms. The highest BCUT2D eigenvalue weighted by Crippen LogP contribution is 2.26. The first kappa shape index (κ1) is 15.8. The van der Waals surface area contributed by atoms with Gasteiger partial charge in [-0.2, -0.15) is 0 Å². The number of nitrogens with zero attached hydrogens (tertiary/aromatic N) is 2. The molecule has 0 aliphatic carbocycles. The standard InChI is InChI=1S/C16H21N3O4/c1-18-6-7-22-14-9-19(8-12(14)18)16(21)11-4-2-3-5-13(11)23-10-15(17)20/h2-5,12,14H,6-10H2,1H3,(H2,17,20)/t12-,14+/m0/s1. The molecule has 124 valence electrons. The van der Waals surface area contributed by atoms with Gasteiger partial charge >= 0.3 is 0 Å². The minimum atomic E-state index is -0.575. The number of primary amides is 1. The van der Waals surface area contributed by atoms with Gasteiger partial charge in [0.15, 0.2) is 6.61 Å².